The number of nitrogens with zero attached hydrogens (tertiary/aromatic N) is 1. The van der Waals surface area contributed by atoms with Crippen molar-refractivity contribution in [3.63, 3.8) is 0 Å². The van der Waals surface area contributed by atoms with Crippen LogP contribution in [0.4, 0.5) is 4.79 Å². The van der Waals surface area contributed by atoms with E-state index in [1.807, 2.05) is 182 Å². The van der Waals surface area contributed by atoms with Crippen LogP contribution >= 0.6 is 0 Å². The zero-order valence-electron chi connectivity index (χ0n) is 42.0. The Kier molecular flexibility index (Phi) is 16.2. The second-order valence-corrected chi connectivity index (χ2v) is 18.4. The van der Waals surface area contributed by atoms with Gasteiger partial charge in [0, 0.05) is 12.1 Å². The van der Waals surface area contributed by atoms with E-state index in [9.17, 15) is 14.4 Å². The number of amides is 2. The Morgan fingerprint density at radius 1 is 0.442 bits per heavy atom. The molecule has 12 nitrogen and oxygen atoms in total. The molecule has 0 unspecified atom stereocenters. The molecule has 0 radical (unpaired) electrons. The predicted molar refractivity (Wildman–Crippen MR) is 292 cm³/mol. The first-order chi connectivity index (χ1) is 37.8. The number of nitrogens with one attached hydrogen (secondary N) is 1. The van der Waals surface area contributed by atoms with E-state index in [0.717, 1.165) is 33.2 Å². The lowest BCUT2D eigenvalue weighted by atomic mass is 9.94. The van der Waals surface area contributed by atoms with E-state index in [0.29, 0.717) is 29.1 Å². The van der Waals surface area contributed by atoms with Crippen LogP contribution in [-0.4, -0.2) is 53.9 Å². The Labute approximate surface area is 446 Å². The normalized spacial score (nSPS) is 13.8. The highest BCUT2D eigenvalue weighted by Gasteiger charge is 2.40. The summed E-state index contributed by atoms with van der Waals surface area (Å²) in [5.41, 5.74) is 4.97. The second kappa shape index (κ2) is 24.6. The van der Waals surface area contributed by atoms with E-state index in [4.69, 9.17) is 28.4 Å². The fraction of sp³-hybridized carbons (Fsp3) is 0.138. The minimum atomic E-state index is -1.05. The zero-order valence-corrected chi connectivity index (χ0v) is 42.0. The summed E-state index contributed by atoms with van der Waals surface area (Å²) in [5.74, 6) is -0.715. The first-order valence-corrected chi connectivity index (χ1v) is 25.3. The number of fused-ring (bicyclic) bond motifs is 1. The number of carbonyl (C=O) groups is 4. The van der Waals surface area contributed by atoms with Crippen LogP contribution in [0.1, 0.15) is 64.5 Å². The van der Waals surface area contributed by atoms with Gasteiger partial charge in [0.2, 0.25) is 5.78 Å². The van der Waals surface area contributed by atoms with Crippen molar-refractivity contribution in [2.24, 2.45) is 0 Å². The fourth-order valence-electron chi connectivity index (χ4n) is 8.99. The smallest absolute Gasteiger partial charge is 0.410 e. The van der Waals surface area contributed by atoms with E-state index in [2.05, 4.69) is 5.32 Å². The average Bonchev–Trinajstić information content (AvgIpc) is 3.88. The van der Waals surface area contributed by atoms with Gasteiger partial charge in [0.15, 0.2) is 0 Å². The third kappa shape index (κ3) is 13.0. The molecule has 1 fully saturated rings. The van der Waals surface area contributed by atoms with Gasteiger partial charge in [-0.1, -0.05) is 182 Å². The summed E-state index contributed by atoms with van der Waals surface area (Å²) in [5, 5.41) is 4.46. The lowest BCUT2D eigenvalue weighted by molar-refractivity contribution is 0.0259. The number of hydrogen-bond acceptors (Lipinski definition) is 10. The maximum Gasteiger partial charge on any atom is 0.410 e. The molecule has 0 aromatic heterocycles. The summed E-state index contributed by atoms with van der Waals surface area (Å²) in [7, 11) is 0. The maximum atomic E-state index is 15.7. The molecule has 2 amide bonds. The van der Waals surface area contributed by atoms with E-state index < -0.39 is 35.9 Å². The van der Waals surface area contributed by atoms with Crippen LogP contribution in [0, 0.1) is 0 Å². The minimum absolute atomic E-state index is 0.00702. The Balaban J connectivity index is 0.984. The standard InChI is InChI=1S/C65H54N2O10/c68-62(60-54-29-17-16-28-50(54)32-35-56(60)73-41-46-20-8-2-9-21-46)61-57(74-42-47-22-10-3-11-23-47)36-52(37-58(61)75-43-48-24-12-4-13-25-48)64(70)77-59-39-67(65(71)76-44-49-26-14-5-15-27-49)38-55(59)66-63(69)51-30-33-53(34-31-51)72-40-45-18-6-1-7-19-45/h1-37,55,59H,38-44H2,(H,66,69)/t55-,59-/m1/s1. The topological polar surface area (TPSA) is 139 Å². The molecule has 0 aliphatic carbocycles. The molecule has 384 valence electrons. The molecule has 1 heterocycles. The molecule has 1 N–H and O–H groups in total. The van der Waals surface area contributed by atoms with Crippen LogP contribution in [-0.2, 0) is 42.5 Å². The van der Waals surface area contributed by atoms with Crippen molar-refractivity contribution in [3.8, 4) is 23.0 Å². The van der Waals surface area contributed by atoms with E-state index in [1.165, 1.54) is 17.0 Å². The molecule has 0 bridgehead atoms. The number of ether oxygens (including phenoxy) is 6. The first kappa shape index (κ1) is 50.8. The van der Waals surface area contributed by atoms with Crippen LogP contribution < -0.4 is 24.3 Å². The number of benzene rings is 9. The molecule has 0 saturated carbocycles. The highest BCUT2D eigenvalue weighted by atomic mass is 16.6. The maximum absolute atomic E-state index is 15.7. The van der Waals surface area contributed by atoms with Gasteiger partial charge in [-0.3, -0.25) is 9.59 Å². The molecule has 1 aliphatic rings. The molecule has 1 saturated heterocycles. The molecule has 77 heavy (non-hydrogen) atoms. The summed E-state index contributed by atoms with van der Waals surface area (Å²) in [6.45, 7) is 0.489. The van der Waals surface area contributed by atoms with Crippen molar-refractivity contribution in [2.75, 3.05) is 13.1 Å². The van der Waals surface area contributed by atoms with Gasteiger partial charge in [-0.2, -0.15) is 0 Å². The zero-order chi connectivity index (χ0) is 52.8. The monoisotopic (exact) mass is 1020 g/mol. The van der Waals surface area contributed by atoms with Crippen molar-refractivity contribution in [2.45, 2.75) is 45.2 Å². The van der Waals surface area contributed by atoms with Gasteiger partial charge in [-0.25, -0.2) is 9.59 Å². The van der Waals surface area contributed by atoms with E-state index in [1.54, 1.807) is 30.3 Å². The number of ketones is 1. The largest absolute Gasteiger partial charge is 0.489 e. The third-order valence-electron chi connectivity index (χ3n) is 13.0. The van der Waals surface area contributed by atoms with Crippen molar-refractivity contribution >= 4 is 34.5 Å². The van der Waals surface area contributed by atoms with Crippen molar-refractivity contribution < 1.29 is 47.6 Å². The van der Waals surface area contributed by atoms with Crippen molar-refractivity contribution in [1.82, 2.24) is 10.2 Å². The van der Waals surface area contributed by atoms with Gasteiger partial charge >= 0.3 is 12.1 Å². The molecule has 9 aromatic rings. The molecule has 2 atom stereocenters. The van der Waals surface area contributed by atoms with Gasteiger partial charge in [0.25, 0.3) is 5.91 Å². The van der Waals surface area contributed by atoms with Crippen molar-refractivity contribution in [1.29, 1.82) is 0 Å². The van der Waals surface area contributed by atoms with Crippen molar-refractivity contribution in [3.05, 3.63) is 275 Å². The summed E-state index contributed by atoms with van der Waals surface area (Å²) in [6.07, 6.45) is -1.70. The van der Waals surface area contributed by atoms with E-state index >= 15 is 4.79 Å². The minimum Gasteiger partial charge on any atom is -0.489 e. The number of carbonyl (C=O) groups excluding carboxylic acids is 4. The van der Waals surface area contributed by atoms with Crippen LogP contribution in [0.15, 0.2) is 224 Å². The lowest BCUT2D eigenvalue weighted by Gasteiger charge is -2.22. The number of esters is 1. The number of likely N-dealkylation sites (tertiary alicyclic amines) is 1. The Hall–Kier alpha value is -9.68. The summed E-state index contributed by atoms with van der Waals surface area (Å²) in [6, 6.07) is 67.6. The molecule has 12 heteroatoms. The molecule has 0 spiro atoms. The van der Waals surface area contributed by atoms with Crippen LogP contribution in [0.2, 0.25) is 0 Å². The first-order valence-electron chi connectivity index (χ1n) is 25.3. The van der Waals surface area contributed by atoms with Gasteiger partial charge in [0.1, 0.15) is 67.7 Å². The molecule has 1 aliphatic heterocycles. The SMILES string of the molecule is O=C(N[C@@H]1CN(C(=O)OCc2ccccc2)C[C@H]1OC(=O)c1cc(OCc2ccccc2)c(C(=O)c2c(OCc3ccccc3)ccc3ccccc23)c(OCc2ccccc2)c1)c1ccc(OCc2ccccc2)cc1. The van der Waals surface area contributed by atoms with Gasteiger partial charge in [0.05, 0.1) is 23.7 Å². The Morgan fingerprint density at radius 2 is 0.909 bits per heavy atom. The van der Waals surface area contributed by atoms with E-state index in [-0.39, 0.29) is 67.7 Å². The Bertz CT molecular complexity index is 3390. The van der Waals surface area contributed by atoms with Crippen LogP contribution in [0.3, 0.4) is 0 Å². The fourth-order valence-corrected chi connectivity index (χ4v) is 8.99. The quantitative estimate of drug-likeness (QED) is 0.0580. The average molecular weight is 1020 g/mol. The van der Waals surface area contributed by atoms with Crippen LogP contribution in [0.25, 0.3) is 10.8 Å². The number of rotatable bonds is 20. The van der Waals surface area contributed by atoms with Gasteiger partial charge in [-0.05, 0) is 81.1 Å². The highest BCUT2D eigenvalue weighted by molar-refractivity contribution is 6.21. The molecular weight excluding hydrogens is 969 g/mol. The molecule has 10 rings (SSSR count). The second-order valence-electron chi connectivity index (χ2n) is 18.4. The van der Waals surface area contributed by atoms with Gasteiger partial charge < -0.3 is 38.6 Å². The summed E-state index contributed by atoms with van der Waals surface area (Å²) in [4.78, 5) is 59.6. The van der Waals surface area contributed by atoms with Crippen LogP contribution in [0.5, 0.6) is 23.0 Å². The Morgan fingerprint density at radius 3 is 1.44 bits per heavy atom. The molecular formula is C65H54N2O10. The van der Waals surface area contributed by atoms with Gasteiger partial charge in [-0.15, -0.1) is 0 Å². The number of hydrogen-bond donors (Lipinski definition) is 1. The summed E-state index contributed by atoms with van der Waals surface area (Å²) < 4.78 is 37.6. The predicted octanol–water partition coefficient (Wildman–Crippen LogP) is 12.4. The third-order valence-corrected chi connectivity index (χ3v) is 13.0. The molecule has 9 aromatic carbocycles. The lowest BCUT2D eigenvalue weighted by Crippen LogP contribution is -2.44. The highest BCUT2D eigenvalue weighted by Crippen LogP contribution is 2.39. The summed E-state index contributed by atoms with van der Waals surface area (Å²) >= 11 is 0.